The molecule has 0 saturated carbocycles. The summed E-state index contributed by atoms with van der Waals surface area (Å²) in [6, 6.07) is 0. The molecule has 0 aromatic rings. The van der Waals surface area contributed by atoms with Crippen molar-refractivity contribution in [3.63, 3.8) is 0 Å². The van der Waals surface area contributed by atoms with E-state index in [0.717, 1.165) is 12.8 Å². The third-order valence-electron chi connectivity index (χ3n) is 2.42. The molecule has 6 heteroatoms. The minimum Gasteiger partial charge on any atom is -0.345 e. The van der Waals surface area contributed by atoms with E-state index in [0.29, 0.717) is 12.8 Å². The van der Waals surface area contributed by atoms with Gasteiger partial charge in [0.2, 0.25) is 0 Å². The molecule has 17 heavy (non-hydrogen) atoms. The van der Waals surface area contributed by atoms with Crippen LogP contribution < -0.4 is 5.32 Å². The predicted octanol–water partition coefficient (Wildman–Crippen LogP) is 1.30. The molecule has 5 nitrogen and oxygen atoms in total. The summed E-state index contributed by atoms with van der Waals surface area (Å²) in [7, 11) is -2.09. The van der Waals surface area contributed by atoms with Crippen molar-refractivity contribution in [1.29, 1.82) is 0 Å². The fraction of sp³-hybridized carbons (Fsp3) is 0.909. The second-order valence-corrected chi connectivity index (χ2v) is 5.73. The highest BCUT2D eigenvalue weighted by molar-refractivity contribution is 7.87. The van der Waals surface area contributed by atoms with Crippen molar-refractivity contribution in [2.45, 2.75) is 39.5 Å². The van der Waals surface area contributed by atoms with Gasteiger partial charge in [-0.3, -0.25) is 4.79 Å². The topological polar surface area (TPSA) is 72.5 Å². The van der Waals surface area contributed by atoms with E-state index in [-0.39, 0.29) is 18.2 Å². The first-order valence-corrected chi connectivity index (χ1v) is 7.65. The van der Waals surface area contributed by atoms with E-state index in [1.54, 1.807) is 7.05 Å². The molecule has 0 amide bonds. The number of hydrogen-bond acceptors (Lipinski definition) is 5. The Hall–Kier alpha value is -0.620. The van der Waals surface area contributed by atoms with Crippen LogP contribution in [0.3, 0.4) is 0 Å². The Kier molecular flexibility index (Phi) is 8.16. The number of rotatable bonds is 9. The van der Waals surface area contributed by atoms with Crippen LogP contribution >= 0.6 is 0 Å². The SMILES string of the molecule is CCCC(CCC)C(=O)OS(=O)(=O)CCNC. The Morgan fingerprint density at radius 1 is 1.24 bits per heavy atom. The Morgan fingerprint density at radius 3 is 2.18 bits per heavy atom. The number of nitrogens with one attached hydrogen (secondary N) is 1. The number of hydrogen-bond donors (Lipinski definition) is 1. The van der Waals surface area contributed by atoms with Gasteiger partial charge in [-0.05, 0) is 19.9 Å². The molecular formula is C11H23NO4S. The Morgan fingerprint density at radius 2 is 1.76 bits per heavy atom. The lowest BCUT2D eigenvalue weighted by molar-refractivity contribution is -0.138. The summed E-state index contributed by atoms with van der Waals surface area (Å²) in [6.45, 7) is 4.21. The molecule has 0 saturated heterocycles. The van der Waals surface area contributed by atoms with Crippen LogP contribution in [-0.2, 0) is 19.1 Å². The average Bonchev–Trinajstić information content (AvgIpc) is 2.25. The molecule has 0 bridgehead atoms. The standard InChI is InChI=1S/C11H23NO4S/c1-4-6-10(7-5-2)11(13)16-17(14,15)9-8-12-3/h10,12H,4-9H2,1-3H3. The van der Waals surface area contributed by atoms with Crippen molar-refractivity contribution in [2.24, 2.45) is 5.92 Å². The van der Waals surface area contributed by atoms with Crippen LogP contribution in [0.1, 0.15) is 39.5 Å². The molecule has 0 aromatic carbocycles. The van der Waals surface area contributed by atoms with E-state index in [1.165, 1.54) is 0 Å². The summed E-state index contributed by atoms with van der Waals surface area (Å²) >= 11 is 0. The monoisotopic (exact) mass is 265 g/mol. The maximum absolute atomic E-state index is 11.7. The molecule has 0 unspecified atom stereocenters. The predicted molar refractivity (Wildman–Crippen MR) is 67.1 cm³/mol. The normalized spacial score (nSPS) is 11.8. The number of carbonyl (C=O) groups is 1. The molecule has 0 aromatic heterocycles. The fourth-order valence-corrected chi connectivity index (χ4v) is 2.46. The quantitative estimate of drug-likeness (QED) is 0.636. The first kappa shape index (κ1) is 16.4. The molecule has 0 aliphatic carbocycles. The Balaban J connectivity index is 4.37. The van der Waals surface area contributed by atoms with Crippen molar-refractivity contribution in [1.82, 2.24) is 5.32 Å². The van der Waals surface area contributed by atoms with Crippen LogP contribution in [0.5, 0.6) is 0 Å². The Labute approximate surface area is 104 Å². The van der Waals surface area contributed by atoms with Gasteiger partial charge in [0.1, 0.15) is 0 Å². The highest BCUT2D eigenvalue weighted by Crippen LogP contribution is 2.16. The van der Waals surface area contributed by atoms with Crippen LogP contribution in [0.15, 0.2) is 0 Å². The van der Waals surface area contributed by atoms with E-state index >= 15 is 0 Å². The smallest absolute Gasteiger partial charge is 0.325 e. The number of carbonyl (C=O) groups excluding carboxylic acids is 1. The van der Waals surface area contributed by atoms with E-state index in [2.05, 4.69) is 9.50 Å². The van der Waals surface area contributed by atoms with E-state index in [9.17, 15) is 13.2 Å². The lowest BCUT2D eigenvalue weighted by Crippen LogP contribution is -2.26. The summed E-state index contributed by atoms with van der Waals surface area (Å²) < 4.78 is 27.5. The van der Waals surface area contributed by atoms with Gasteiger partial charge in [-0.1, -0.05) is 26.7 Å². The molecule has 0 fully saturated rings. The molecule has 1 N–H and O–H groups in total. The minimum atomic E-state index is -3.74. The van der Waals surface area contributed by atoms with Gasteiger partial charge < -0.3 is 9.50 Å². The van der Waals surface area contributed by atoms with Crippen molar-refractivity contribution in [2.75, 3.05) is 19.3 Å². The van der Waals surface area contributed by atoms with Gasteiger partial charge in [-0.15, -0.1) is 0 Å². The van der Waals surface area contributed by atoms with Gasteiger partial charge in [0.15, 0.2) is 0 Å². The molecule has 0 rings (SSSR count). The summed E-state index contributed by atoms with van der Waals surface area (Å²) in [5, 5.41) is 2.71. The Bertz CT molecular complexity index is 307. The lowest BCUT2D eigenvalue weighted by Gasteiger charge is -2.13. The van der Waals surface area contributed by atoms with Gasteiger partial charge in [0, 0.05) is 6.54 Å². The van der Waals surface area contributed by atoms with Gasteiger partial charge in [-0.25, -0.2) is 0 Å². The van der Waals surface area contributed by atoms with Crippen LogP contribution in [0.2, 0.25) is 0 Å². The zero-order chi connectivity index (χ0) is 13.3. The van der Waals surface area contributed by atoms with Gasteiger partial charge >= 0.3 is 16.1 Å². The third-order valence-corrected chi connectivity index (χ3v) is 3.54. The van der Waals surface area contributed by atoms with E-state index in [1.807, 2.05) is 13.8 Å². The van der Waals surface area contributed by atoms with Crippen molar-refractivity contribution >= 4 is 16.1 Å². The van der Waals surface area contributed by atoms with Crippen LogP contribution in [0.25, 0.3) is 0 Å². The van der Waals surface area contributed by atoms with Gasteiger partial charge in [-0.2, -0.15) is 8.42 Å². The van der Waals surface area contributed by atoms with Crippen molar-refractivity contribution in [3.05, 3.63) is 0 Å². The van der Waals surface area contributed by atoms with Crippen LogP contribution in [0.4, 0.5) is 0 Å². The zero-order valence-electron chi connectivity index (χ0n) is 10.9. The van der Waals surface area contributed by atoms with Crippen molar-refractivity contribution in [3.8, 4) is 0 Å². The molecule has 102 valence electrons. The maximum Gasteiger partial charge on any atom is 0.325 e. The molecular weight excluding hydrogens is 242 g/mol. The highest BCUT2D eigenvalue weighted by Gasteiger charge is 2.24. The largest absolute Gasteiger partial charge is 0.345 e. The van der Waals surface area contributed by atoms with Gasteiger partial charge in [0.05, 0.1) is 11.7 Å². The average molecular weight is 265 g/mol. The second-order valence-electron chi connectivity index (χ2n) is 4.04. The molecule has 0 radical (unpaired) electrons. The zero-order valence-corrected chi connectivity index (χ0v) is 11.7. The summed E-state index contributed by atoms with van der Waals surface area (Å²) in [5.74, 6) is -1.08. The first-order valence-electron chi connectivity index (χ1n) is 6.07. The minimum absolute atomic E-state index is 0.180. The van der Waals surface area contributed by atoms with E-state index < -0.39 is 16.1 Å². The maximum atomic E-state index is 11.7. The van der Waals surface area contributed by atoms with Crippen LogP contribution in [-0.4, -0.2) is 33.7 Å². The van der Waals surface area contributed by atoms with E-state index in [4.69, 9.17) is 0 Å². The molecule has 0 aliphatic heterocycles. The van der Waals surface area contributed by atoms with Gasteiger partial charge in [0.25, 0.3) is 0 Å². The molecule has 0 aliphatic rings. The molecule has 0 heterocycles. The second kappa shape index (κ2) is 8.47. The van der Waals surface area contributed by atoms with Crippen LogP contribution in [0, 0.1) is 5.92 Å². The molecule has 0 atom stereocenters. The first-order chi connectivity index (χ1) is 7.96. The summed E-state index contributed by atoms with van der Waals surface area (Å²) in [6.07, 6.45) is 3.04. The van der Waals surface area contributed by atoms with Crippen molar-refractivity contribution < 1.29 is 17.4 Å². The summed E-state index contributed by atoms with van der Waals surface area (Å²) in [5.41, 5.74) is 0. The highest BCUT2D eigenvalue weighted by atomic mass is 32.2. The lowest BCUT2D eigenvalue weighted by atomic mass is 9.99. The molecule has 0 spiro atoms. The fourth-order valence-electron chi connectivity index (χ4n) is 1.54. The third kappa shape index (κ3) is 7.33. The summed E-state index contributed by atoms with van der Waals surface area (Å²) in [4.78, 5) is 11.7.